The summed E-state index contributed by atoms with van der Waals surface area (Å²) in [5.74, 6) is 1.53. The van der Waals surface area contributed by atoms with Gasteiger partial charge in [-0.2, -0.15) is 0 Å². The number of hydrogen-bond acceptors (Lipinski definition) is 3. The molecule has 2 N–H and O–H groups in total. The van der Waals surface area contributed by atoms with Crippen LogP contribution in [0.3, 0.4) is 0 Å². The van der Waals surface area contributed by atoms with Crippen LogP contribution in [0.2, 0.25) is 0 Å². The van der Waals surface area contributed by atoms with Crippen LogP contribution in [0.25, 0.3) is 0 Å². The van der Waals surface area contributed by atoms with E-state index in [1.807, 2.05) is 36.4 Å². The van der Waals surface area contributed by atoms with E-state index in [2.05, 4.69) is 31.9 Å². The topological polar surface area (TPSA) is 44.5 Å². The molecule has 20 heavy (non-hydrogen) atoms. The maximum atomic E-state index is 5.90. The van der Waals surface area contributed by atoms with Gasteiger partial charge in [0.1, 0.15) is 11.5 Å². The zero-order valence-corrected chi connectivity index (χ0v) is 14.2. The van der Waals surface area contributed by atoms with E-state index in [0.717, 1.165) is 38.1 Å². The normalized spacial score (nSPS) is 10.3. The van der Waals surface area contributed by atoms with Crippen molar-refractivity contribution in [1.29, 1.82) is 0 Å². The summed E-state index contributed by atoms with van der Waals surface area (Å²) in [5.41, 5.74) is 7.79. The molecule has 2 rings (SSSR count). The van der Waals surface area contributed by atoms with E-state index in [4.69, 9.17) is 15.2 Å². The maximum absolute atomic E-state index is 5.90. The molecule has 106 valence electrons. The molecule has 2 aromatic carbocycles. The summed E-state index contributed by atoms with van der Waals surface area (Å²) in [6.07, 6.45) is 0.767. The summed E-state index contributed by atoms with van der Waals surface area (Å²) in [6, 6.07) is 11.6. The minimum absolute atomic E-state index is 0.561. The van der Waals surface area contributed by atoms with Gasteiger partial charge >= 0.3 is 0 Å². The molecular formula is C15H15Br2NO2. The monoisotopic (exact) mass is 399 g/mol. The summed E-state index contributed by atoms with van der Waals surface area (Å²) in [5, 5.41) is 0. The van der Waals surface area contributed by atoms with Crippen LogP contribution in [0.15, 0.2) is 45.3 Å². The van der Waals surface area contributed by atoms with Crippen molar-refractivity contribution >= 4 is 37.5 Å². The van der Waals surface area contributed by atoms with Crippen molar-refractivity contribution in [2.24, 2.45) is 0 Å². The first-order valence-electron chi connectivity index (χ1n) is 6.11. The minimum atomic E-state index is 0.561. The van der Waals surface area contributed by atoms with Gasteiger partial charge in [0.05, 0.1) is 22.7 Å². The fourth-order valence-corrected chi connectivity index (χ4v) is 2.73. The summed E-state index contributed by atoms with van der Waals surface area (Å²) in [7, 11) is 1.63. The van der Waals surface area contributed by atoms with Gasteiger partial charge in [-0.05, 0) is 55.6 Å². The van der Waals surface area contributed by atoms with Crippen molar-refractivity contribution < 1.29 is 9.47 Å². The molecule has 0 fully saturated rings. The SMILES string of the molecule is COc1cc(Br)c(OCCc2ccccc2N)cc1Br. The highest BCUT2D eigenvalue weighted by molar-refractivity contribution is 9.11. The van der Waals surface area contributed by atoms with Crippen LogP contribution in [0.4, 0.5) is 5.69 Å². The third-order valence-electron chi connectivity index (χ3n) is 2.89. The molecule has 0 saturated carbocycles. The second kappa shape index (κ2) is 6.99. The Labute approximate surface area is 135 Å². The molecule has 0 aliphatic heterocycles. The molecule has 0 aromatic heterocycles. The first-order valence-corrected chi connectivity index (χ1v) is 7.69. The van der Waals surface area contributed by atoms with E-state index in [9.17, 15) is 0 Å². The summed E-state index contributed by atoms with van der Waals surface area (Å²) < 4.78 is 12.7. The van der Waals surface area contributed by atoms with Gasteiger partial charge in [-0.1, -0.05) is 18.2 Å². The number of methoxy groups -OCH3 is 1. The maximum Gasteiger partial charge on any atom is 0.134 e. The second-order valence-electron chi connectivity index (χ2n) is 4.21. The van der Waals surface area contributed by atoms with Gasteiger partial charge < -0.3 is 15.2 Å². The van der Waals surface area contributed by atoms with Crippen molar-refractivity contribution in [3.05, 3.63) is 50.9 Å². The lowest BCUT2D eigenvalue weighted by atomic mass is 10.1. The molecule has 0 spiro atoms. The van der Waals surface area contributed by atoms with Crippen LogP contribution in [0.5, 0.6) is 11.5 Å². The molecule has 0 unspecified atom stereocenters. The van der Waals surface area contributed by atoms with Crippen LogP contribution in [0, 0.1) is 0 Å². The molecule has 2 aromatic rings. The Balaban J connectivity index is 2.01. The molecule has 0 radical (unpaired) electrons. The molecule has 5 heteroatoms. The first-order chi connectivity index (χ1) is 9.61. The van der Waals surface area contributed by atoms with Crippen LogP contribution in [-0.4, -0.2) is 13.7 Å². The summed E-state index contributed by atoms with van der Waals surface area (Å²) in [6.45, 7) is 0.561. The molecule has 0 heterocycles. The average Bonchev–Trinajstić information content (AvgIpc) is 2.44. The van der Waals surface area contributed by atoms with E-state index < -0.39 is 0 Å². The van der Waals surface area contributed by atoms with Gasteiger partial charge in [-0.3, -0.25) is 0 Å². The zero-order valence-electron chi connectivity index (χ0n) is 11.0. The second-order valence-corrected chi connectivity index (χ2v) is 5.92. The average molecular weight is 401 g/mol. The first kappa shape index (κ1) is 15.2. The van der Waals surface area contributed by atoms with Gasteiger partial charge in [0.2, 0.25) is 0 Å². The van der Waals surface area contributed by atoms with Gasteiger partial charge in [0.25, 0.3) is 0 Å². The van der Waals surface area contributed by atoms with Crippen LogP contribution in [-0.2, 0) is 6.42 Å². The number of ether oxygens (including phenoxy) is 2. The van der Waals surface area contributed by atoms with Crippen LogP contribution >= 0.6 is 31.9 Å². The largest absolute Gasteiger partial charge is 0.496 e. The van der Waals surface area contributed by atoms with Crippen LogP contribution in [0.1, 0.15) is 5.56 Å². The Bertz CT molecular complexity index is 602. The Morgan fingerprint density at radius 2 is 1.70 bits per heavy atom. The molecule has 0 atom stereocenters. The summed E-state index contributed by atoms with van der Waals surface area (Å²) >= 11 is 6.92. The lowest BCUT2D eigenvalue weighted by Crippen LogP contribution is -2.04. The molecule has 0 aliphatic rings. The van der Waals surface area contributed by atoms with Crippen molar-refractivity contribution in [2.75, 3.05) is 19.5 Å². The number of para-hydroxylation sites is 1. The molecule has 3 nitrogen and oxygen atoms in total. The lowest BCUT2D eigenvalue weighted by Gasteiger charge is -2.12. The predicted octanol–water partition coefficient (Wildman–Crippen LogP) is 4.42. The molecule has 0 saturated heterocycles. The Morgan fingerprint density at radius 3 is 2.40 bits per heavy atom. The van der Waals surface area contributed by atoms with E-state index in [0.29, 0.717) is 6.61 Å². The highest BCUT2D eigenvalue weighted by atomic mass is 79.9. The Kier molecular flexibility index (Phi) is 5.31. The van der Waals surface area contributed by atoms with Gasteiger partial charge in [-0.15, -0.1) is 0 Å². The van der Waals surface area contributed by atoms with E-state index in [1.54, 1.807) is 7.11 Å². The molecular weight excluding hydrogens is 386 g/mol. The van der Waals surface area contributed by atoms with Crippen molar-refractivity contribution in [3.8, 4) is 11.5 Å². The smallest absolute Gasteiger partial charge is 0.134 e. The minimum Gasteiger partial charge on any atom is -0.496 e. The van der Waals surface area contributed by atoms with E-state index >= 15 is 0 Å². The van der Waals surface area contributed by atoms with Crippen molar-refractivity contribution in [1.82, 2.24) is 0 Å². The van der Waals surface area contributed by atoms with Crippen molar-refractivity contribution in [3.63, 3.8) is 0 Å². The van der Waals surface area contributed by atoms with Gasteiger partial charge in [-0.25, -0.2) is 0 Å². The Hall–Kier alpha value is -1.20. The van der Waals surface area contributed by atoms with Crippen LogP contribution < -0.4 is 15.2 Å². The van der Waals surface area contributed by atoms with E-state index in [1.165, 1.54) is 0 Å². The quantitative estimate of drug-likeness (QED) is 0.755. The number of hydrogen-bond donors (Lipinski definition) is 1. The van der Waals surface area contributed by atoms with Gasteiger partial charge in [0, 0.05) is 12.1 Å². The van der Waals surface area contributed by atoms with E-state index in [-0.39, 0.29) is 0 Å². The fourth-order valence-electron chi connectivity index (χ4n) is 1.81. The standard InChI is InChI=1S/C15H15Br2NO2/c1-19-14-8-12(17)15(9-11(14)16)20-7-6-10-4-2-3-5-13(10)18/h2-5,8-9H,6-7,18H2,1H3. The third kappa shape index (κ3) is 3.67. The number of anilines is 1. The molecule has 0 bridgehead atoms. The lowest BCUT2D eigenvalue weighted by molar-refractivity contribution is 0.319. The van der Waals surface area contributed by atoms with Crippen molar-refractivity contribution in [2.45, 2.75) is 6.42 Å². The number of nitrogen functional groups attached to an aromatic ring is 1. The predicted molar refractivity (Wildman–Crippen MR) is 88.4 cm³/mol. The van der Waals surface area contributed by atoms with Gasteiger partial charge in [0.15, 0.2) is 0 Å². The fraction of sp³-hybridized carbons (Fsp3) is 0.200. The number of nitrogens with two attached hydrogens (primary N) is 1. The highest BCUT2D eigenvalue weighted by Gasteiger charge is 2.08. The third-order valence-corrected chi connectivity index (χ3v) is 4.13. The summed E-state index contributed by atoms with van der Waals surface area (Å²) in [4.78, 5) is 0. The number of rotatable bonds is 5. The molecule has 0 amide bonds. The highest BCUT2D eigenvalue weighted by Crippen LogP contribution is 2.36. The Morgan fingerprint density at radius 1 is 1.05 bits per heavy atom. The zero-order chi connectivity index (χ0) is 14.5. The number of benzene rings is 2. The number of halogens is 2. The molecule has 0 aliphatic carbocycles.